The van der Waals surface area contributed by atoms with Gasteiger partial charge in [-0.05, 0) is 50.8 Å². The van der Waals surface area contributed by atoms with Gasteiger partial charge in [-0.15, -0.1) is 0 Å². The largest absolute Gasteiger partial charge is 0.470 e. The Morgan fingerprint density at radius 2 is 2.06 bits per heavy atom. The van der Waals surface area contributed by atoms with E-state index >= 15 is 0 Å². The first kappa shape index (κ1) is 21.8. The standard InChI is InChI=1S/C23H24N4O4S/c1-27(2)10-5-11-30-23-25-14-16(32-23)13-24-21(28)15-8-9-20-18(12-15)26-22(29)17-6-3-4-7-19(17)31-20/h3-4,6-9,12,14H,5,10-11,13H2,1-2H3,(H,24,28)(H,26,29). The second-order valence-electron chi connectivity index (χ2n) is 7.54. The predicted molar refractivity (Wildman–Crippen MR) is 123 cm³/mol. The summed E-state index contributed by atoms with van der Waals surface area (Å²) in [5.74, 6) is 0.426. The van der Waals surface area contributed by atoms with Gasteiger partial charge in [-0.1, -0.05) is 23.5 Å². The number of fused-ring (bicyclic) bond motifs is 2. The Bertz CT molecular complexity index is 1130. The highest BCUT2D eigenvalue weighted by atomic mass is 32.1. The molecule has 4 rings (SSSR count). The summed E-state index contributed by atoms with van der Waals surface area (Å²) in [4.78, 5) is 32.4. The smallest absolute Gasteiger partial charge is 0.273 e. The van der Waals surface area contributed by atoms with Crippen LogP contribution in [0.4, 0.5) is 5.69 Å². The van der Waals surface area contributed by atoms with E-state index < -0.39 is 0 Å². The highest BCUT2D eigenvalue weighted by Crippen LogP contribution is 2.36. The summed E-state index contributed by atoms with van der Waals surface area (Å²) in [5, 5.41) is 6.28. The normalized spacial score (nSPS) is 12.3. The number of anilines is 1. The Kier molecular flexibility index (Phi) is 6.67. The lowest BCUT2D eigenvalue weighted by molar-refractivity contribution is 0.0950. The molecule has 0 spiro atoms. The molecule has 0 radical (unpaired) electrons. The third kappa shape index (κ3) is 5.24. The van der Waals surface area contributed by atoms with Crippen LogP contribution in [0, 0.1) is 0 Å². The van der Waals surface area contributed by atoms with Crippen LogP contribution in [0.3, 0.4) is 0 Å². The molecule has 166 valence electrons. The molecule has 0 atom stereocenters. The molecular weight excluding hydrogens is 428 g/mol. The number of hydrogen-bond donors (Lipinski definition) is 2. The van der Waals surface area contributed by atoms with Gasteiger partial charge in [0.1, 0.15) is 5.75 Å². The maximum atomic E-state index is 12.7. The fourth-order valence-electron chi connectivity index (χ4n) is 3.16. The number of thiazole rings is 1. The quantitative estimate of drug-likeness (QED) is 0.506. The van der Waals surface area contributed by atoms with Gasteiger partial charge in [0, 0.05) is 23.2 Å². The van der Waals surface area contributed by atoms with Crippen LogP contribution in [0.5, 0.6) is 16.7 Å². The van der Waals surface area contributed by atoms with Crippen molar-refractivity contribution in [2.75, 3.05) is 32.6 Å². The van der Waals surface area contributed by atoms with Crippen molar-refractivity contribution in [1.82, 2.24) is 15.2 Å². The summed E-state index contributed by atoms with van der Waals surface area (Å²) in [7, 11) is 4.04. The van der Waals surface area contributed by atoms with Gasteiger partial charge >= 0.3 is 0 Å². The zero-order valence-electron chi connectivity index (χ0n) is 17.9. The average molecular weight is 453 g/mol. The molecule has 32 heavy (non-hydrogen) atoms. The molecule has 0 aliphatic carbocycles. The van der Waals surface area contributed by atoms with Crippen molar-refractivity contribution >= 4 is 28.8 Å². The van der Waals surface area contributed by atoms with E-state index in [0.29, 0.717) is 46.7 Å². The fraction of sp³-hybridized carbons (Fsp3) is 0.261. The molecule has 0 fully saturated rings. The van der Waals surface area contributed by atoms with Crippen LogP contribution in [-0.2, 0) is 6.54 Å². The van der Waals surface area contributed by atoms with Crippen LogP contribution in [0.1, 0.15) is 32.0 Å². The van der Waals surface area contributed by atoms with E-state index in [4.69, 9.17) is 9.47 Å². The lowest BCUT2D eigenvalue weighted by Gasteiger charge is -2.10. The molecule has 2 aromatic carbocycles. The summed E-state index contributed by atoms with van der Waals surface area (Å²) < 4.78 is 11.5. The van der Waals surface area contributed by atoms with Gasteiger partial charge in [-0.2, -0.15) is 0 Å². The number of para-hydroxylation sites is 1. The number of ether oxygens (including phenoxy) is 2. The van der Waals surface area contributed by atoms with Gasteiger partial charge in [0.25, 0.3) is 17.0 Å². The van der Waals surface area contributed by atoms with Crippen molar-refractivity contribution in [1.29, 1.82) is 0 Å². The highest BCUT2D eigenvalue weighted by Gasteiger charge is 2.21. The van der Waals surface area contributed by atoms with Crippen molar-refractivity contribution in [2.45, 2.75) is 13.0 Å². The van der Waals surface area contributed by atoms with E-state index in [1.165, 1.54) is 11.3 Å². The second-order valence-corrected chi connectivity index (χ2v) is 8.62. The highest BCUT2D eigenvalue weighted by molar-refractivity contribution is 7.13. The molecule has 3 aromatic rings. The van der Waals surface area contributed by atoms with E-state index in [-0.39, 0.29) is 11.8 Å². The van der Waals surface area contributed by atoms with Crippen LogP contribution in [0.15, 0.2) is 48.7 Å². The Hall–Kier alpha value is -3.43. The van der Waals surface area contributed by atoms with Crippen molar-refractivity contribution in [2.24, 2.45) is 0 Å². The molecule has 9 heteroatoms. The fourth-order valence-corrected chi connectivity index (χ4v) is 3.88. The summed E-state index contributed by atoms with van der Waals surface area (Å²) >= 11 is 1.41. The molecule has 0 saturated heterocycles. The van der Waals surface area contributed by atoms with Gasteiger partial charge < -0.3 is 25.0 Å². The molecule has 1 aromatic heterocycles. The summed E-state index contributed by atoms with van der Waals surface area (Å²) in [5.41, 5.74) is 1.31. The predicted octanol–water partition coefficient (Wildman–Crippen LogP) is 3.76. The number of nitrogens with zero attached hydrogens (tertiary/aromatic N) is 2. The molecule has 2 heterocycles. The average Bonchev–Trinajstić information content (AvgIpc) is 3.18. The van der Waals surface area contributed by atoms with Crippen molar-refractivity contribution in [3.63, 3.8) is 0 Å². The van der Waals surface area contributed by atoms with E-state index in [1.807, 2.05) is 14.1 Å². The topological polar surface area (TPSA) is 92.8 Å². The Balaban J connectivity index is 1.35. The van der Waals surface area contributed by atoms with Crippen LogP contribution >= 0.6 is 11.3 Å². The zero-order chi connectivity index (χ0) is 22.5. The molecule has 1 aliphatic heterocycles. The Labute approximate surface area is 190 Å². The maximum absolute atomic E-state index is 12.7. The minimum atomic E-state index is -0.278. The first-order valence-corrected chi connectivity index (χ1v) is 11.0. The number of benzene rings is 2. The van der Waals surface area contributed by atoms with Crippen LogP contribution in [-0.4, -0.2) is 48.9 Å². The number of amides is 2. The molecule has 8 nitrogen and oxygen atoms in total. The molecule has 2 amide bonds. The molecule has 0 unspecified atom stereocenters. The van der Waals surface area contributed by atoms with Gasteiger partial charge in [-0.25, -0.2) is 4.98 Å². The van der Waals surface area contributed by atoms with Crippen LogP contribution in [0.2, 0.25) is 0 Å². The van der Waals surface area contributed by atoms with E-state index in [1.54, 1.807) is 48.7 Å². The third-order valence-electron chi connectivity index (χ3n) is 4.77. The van der Waals surface area contributed by atoms with Crippen LogP contribution < -0.4 is 20.1 Å². The number of hydrogen-bond acceptors (Lipinski definition) is 7. The summed E-state index contributed by atoms with van der Waals surface area (Å²) in [6.07, 6.45) is 2.62. The van der Waals surface area contributed by atoms with E-state index in [0.717, 1.165) is 17.8 Å². The van der Waals surface area contributed by atoms with Gasteiger partial charge in [0.15, 0.2) is 5.75 Å². The monoisotopic (exact) mass is 452 g/mol. The van der Waals surface area contributed by atoms with Crippen LogP contribution in [0.25, 0.3) is 0 Å². The van der Waals surface area contributed by atoms with Crippen molar-refractivity contribution in [3.8, 4) is 16.7 Å². The minimum absolute atomic E-state index is 0.259. The SMILES string of the molecule is CN(C)CCCOc1ncc(CNC(=O)c2ccc3c(c2)NC(=O)c2ccccc2O3)s1. The first-order valence-electron chi connectivity index (χ1n) is 10.2. The second kappa shape index (κ2) is 9.80. The van der Waals surface area contributed by atoms with Gasteiger partial charge in [0.2, 0.25) is 0 Å². The molecule has 0 bridgehead atoms. The lowest BCUT2D eigenvalue weighted by Crippen LogP contribution is -2.22. The summed E-state index contributed by atoms with van der Waals surface area (Å²) in [6, 6.07) is 12.0. The number of aromatic nitrogens is 1. The minimum Gasteiger partial charge on any atom is -0.470 e. The number of carbonyl (C=O) groups is 2. The van der Waals surface area contributed by atoms with Gasteiger partial charge in [-0.3, -0.25) is 9.59 Å². The number of nitrogens with one attached hydrogen (secondary N) is 2. The maximum Gasteiger partial charge on any atom is 0.273 e. The molecular formula is C23H24N4O4S. The van der Waals surface area contributed by atoms with Gasteiger partial charge in [0.05, 0.1) is 24.4 Å². The molecule has 1 aliphatic rings. The lowest BCUT2D eigenvalue weighted by atomic mass is 10.1. The zero-order valence-corrected chi connectivity index (χ0v) is 18.7. The Morgan fingerprint density at radius 3 is 2.91 bits per heavy atom. The number of carbonyl (C=O) groups excluding carboxylic acids is 2. The van der Waals surface area contributed by atoms with E-state index in [9.17, 15) is 9.59 Å². The first-order chi connectivity index (χ1) is 15.5. The molecule has 0 saturated carbocycles. The van der Waals surface area contributed by atoms with Crippen molar-refractivity contribution in [3.05, 3.63) is 64.7 Å². The van der Waals surface area contributed by atoms with Crippen molar-refractivity contribution < 1.29 is 19.1 Å². The van der Waals surface area contributed by atoms with E-state index in [2.05, 4.69) is 20.5 Å². The number of rotatable bonds is 8. The Morgan fingerprint density at radius 1 is 1.22 bits per heavy atom. The third-order valence-corrected chi connectivity index (χ3v) is 5.68. The summed E-state index contributed by atoms with van der Waals surface area (Å²) in [6.45, 7) is 1.89. The molecule has 2 N–H and O–H groups in total.